The van der Waals surface area contributed by atoms with Crippen molar-refractivity contribution in [3.63, 3.8) is 0 Å². The van der Waals surface area contributed by atoms with Gasteiger partial charge in [0, 0.05) is 5.92 Å². The van der Waals surface area contributed by atoms with Gasteiger partial charge in [0.1, 0.15) is 17.3 Å². The van der Waals surface area contributed by atoms with Gasteiger partial charge < -0.3 is 14.6 Å². The van der Waals surface area contributed by atoms with Crippen LogP contribution in [-0.4, -0.2) is 23.8 Å². The summed E-state index contributed by atoms with van der Waals surface area (Å²) < 4.78 is 27.3. The van der Waals surface area contributed by atoms with Gasteiger partial charge in [0.2, 0.25) is 0 Å². The largest absolute Gasteiger partial charge is 0.493 e. The Morgan fingerprint density at radius 2 is 1.83 bits per heavy atom. The van der Waals surface area contributed by atoms with Crippen molar-refractivity contribution in [2.45, 2.75) is 57.0 Å². The van der Waals surface area contributed by atoms with Crippen molar-refractivity contribution in [3.05, 3.63) is 83.2 Å². The van der Waals surface area contributed by atoms with E-state index in [2.05, 4.69) is 6.07 Å². The highest BCUT2D eigenvalue weighted by molar-refractivity contribution is 5.71. The van der Waals surface area contributed by atoms with E-state index in [1.54, 1.807) is 13.0 Å². The van der Waals surface area contributed by atoms with Gasteiger partial charge in [0.05, 0.1) is 18.6 Å². The highest BCUT2D eigenvalue weighted by Crippen LogP contribution is 2.48. The van der Waals surface area contributed by atoms with Gasteiger partial charge in [-0.2, -0.15) is 0 Å². The first kappa shape index (κ1) is 23.1. The third kappa shape index (κ3) is 4.71. The minimum Gasteiger partial charge on any atom is -0.493 e. The highest BCUT2D eigenvalue weighted by Gasteiger charge is 2.39. The Morgan fingerprint density at radius 3 is 2.56 bits per heavy atom. The van der Waals surface area contributed by atoms with E-state index in [0.29, 0.717) is 30.6 Å². The minimum absolute atomic E-state index is 0.00357. The van der Waals surface area contributed by atoms with Gasteiger partial charge in [-0.1, -0.05) is 43.3 Å². The van der Waals surface area contributed by atoms with Crippen LogP contribution in [0, 0.1) is 17.7 Å². The number of rotatable bonds is 8. The molecular weight excluding hydrogens is 455 g/mol. The summed E-state index contributed by atoms with van der Waals surface area (Å²) in [7, 11) is 0. The maximum atomic E-state index is 15.4. The second kappa shape index (κ2) is 9.27. The molecule has 3 aliphatic rings. The highest BCUT2D eigenvalue weighted by atomic mass is 19.1. The maximum Gasteiger partial charge on any atom is 0.306 e. The van der Waals surface area contributed by atoms with Crippen LogP contribution >= 0.6 is 0 Å². The first-order valence-electron chi connectivity index (χ1n) is 13.0. The van der Waals surface area contributed by atoms with Crippen LogP contribution in [0.3, 0.4) is 0 Å². The fraction of sp³-hybridized carbons (Fsp3) is 0.387. The molecule has 1 unspecified atom stereocenters. The summed E-state index contributed by atoms with van der Waals surface area (Å²) in [5, 5.41) is 9.64. The SMILES string of the molecule is C[C@H](C(=O)O)[C@H](c1ccc2c(c1)CC(c1ccc(-c3cccc(OC4CC4)c3)cc1F)CO2)C1CC1. The number of carboxylic acids is 1. The van der Waals surface area contributed by atoms with Gasteiger partial charge in [-0.3, -0.25) is 4.79 Å². The lowest BCUT2D eigenvalue weighted by Crippen LogP contribution is -2.23. The van der Waals surface area contributed by atoms with E-state index in [0.717, 1.165) is 59.4 Å². The number of aliphatic carboxylic acids is 1. The molecule has 0 saturated heterocycles. The van der Waals surface area contributed by atoms with Crippen LogP contribution in [0.4, 0.5) is 4.39 Å². The molecule has 36 heavy (non-hydrogen) atoms. The van der Waals surface area contributed by atoms with Crippen LogP contribution in [0.2, 0.25) is 0 Å². The topological polar surface area (TPSA) is 55.8 Å². The summed E-state index contributed by atoms with van der Waals surface area (Å²) in [6.07, 6.45) is 5.34. The molecule has 1 heterocycles. The molecule has 3 atom stereocenters. The fourth-order valence-electron chi connectivity index (χ4n) is 5.56. The molecule has 1 N–H and O–H groups in total. The molecule has 3 aromatic rings. The van der Waals surface area contributed by atoms with Crippen molar-refractivity contribution in [3.8, 4) is 22.6 Å². The van der Waals surface area contributed by atoms with Crippen molar-refractivity contribution in [2.75, 3.05) is 6.61 Å². The molecule has 5 heteroatoms. The Kier molecular flexibility index (Phi) is 5.94. The molecule has 6 rings (SSSR count). The lowest BCUT2D eigenvalue weighted by Gasteiger charge is -2.28. The van der Waals surface area contributed by atoms with Crippen LogP contribution in [0.5, 0.6) is 11.5 Å². The Balaban J connectivity index is 1.23. The van der Waals surface area contributed by atoms with E-state index in [1.807, 2.05) is 48.5 Å². The number of carbonyl (C=O) groups is 1. The molecule has 2 fully saturated rings. The third-order valence-corrected chi connectivity index (χ3v) is 7.87. The maximum absolute atomic E-state index is 15.4. The van der Waals surface area contributed by atoms with Crippen LogP contribution in [-0.2, 0) is 11.2 Å². The Hall–Kier alpha value is -3.34. The second-order valence-electron chi connectivity index (χ2n) is 10.7. The zero-order valence-corrected chi connectivity index (χ0v) is 20.5. The van der Waals surface area contributed by atoms with Crippen LogP contribution in [0.15, 0.2) is 60.7 Å². The van der Waals surface area contributed by atoms with E-state index in [9.17, 15) is 9.90 Å². The number of ether oxygens (including phenoxy) is 2. The Bertz CT molecular complexity index is 1290. The molecule has 4 nitrogen and oxygen atoms in total. The van der Waals surface area contributed by atoms with Crippen molar-refractivity contribution in [1.82, 2.24) is 0 Å². The summed E-state index contributed by atoms with van der Waals surface area (Å²) in [5.74, 6) is 0.551. The third-order valence-electron chi connectivity index (χ3n) is 7.87. The zero-order valence-electron chi connectivity index (χ0n) is 20.5. The van der Waals surface area contributed by atoms with Gasteiger partial charge in [-0.25, -0.2) is 4.39 Å². The predicted molar refractivity (Wildman–Crippen MR) is 136 cm³/mol. The standard InChI is InChI=1S/C31H31FO4/c1-18(31(33)34)30(19-5-6-19)22-8-12-29-23(13-22)14-24(17-35-29)27-11-7-21(16-28(27)32)20-3-2-4-26(15-20)36-25-9-10-25/h2-4,7-8,11-13,15-16,18-19,24-25,30H,5-6,9-10,14,17H2,1H3,(H,33,34)/t18-,24?,30-/m0/s1. The number of benzene rings is 3. The lowest BCUT2D eigenvalue weighted by atomic mass is 9.81. The second-order valence-corrected chi connectivity index (χ2v) is 10.7. The molecular formula is C31H31FO4. The summed E-state index contributed by atoms with van der Waals surface area (Å²) in [6.45, 7) is 2.22. The van der Waals surface area contributed by atoms with Crippen molar-refractivity contribution in [2.24, 2.45) is 11.8 Å². The summed E-state index contributed by atoms with van der Waals surface area (Å²) in [4.78, 5) is 11.7. The molecule has 0 bridgehead atoms. The van der Waals surface area contributed by atoms with Gasteiger partial charge in [-0.05, 0) is 96.0 Å². The smallest absolute Gasteiger partial charge is 0.306 e. The minimum atomic E-state index is -0.759. The van der Waals surface area contributed by atoms with Crippen LogP contribution in [0.1, 0.15) is 61.1 Å². The molecule has 0 amide bonds. The summed E-state index contributed by atoms with van der Waals surface area (Å²) in [5.41, 5.74) is 4.50. The first-order chi connectivity index (χ1) is 17.5. The summed E-state index contributed by atoms with van der Waals surface area (Å²) >= 11 is 0. The van der Waals surface area contributed by atoms with Crippen LogP contribution in [0.25, 0.3) is 11.1 Å². The molecule has 0 radical (unpaired) electrons. The molecule has 2 saturated carbocycles. The van der Waals surface area contributed by atoms with Gasteiger partial charge in [0.15, 0.2) is 0 Å². The van der Waals surface area contributed by atoms with Crippen molar-refractivity contribution < 1.29 is 23.8 Å². The quantitative estimate of drug-likeness (QED) is 0.374. The Morgan fingerprint density at radius 1 is 1.03 bits per heavy atom. The van der Waals surface area contributed by atoms with Crippen molar-refractivity contribution >= 4 is 5.97 Å². The molecule has 2 aliphatic carbocycles. The normalized spacial score (nSPS) is 20.7. The van der Waals surface area contributed by atoms with E-state index < -0.39 is 11.9 Å². The van der Waals surface area contributed by atoms with E-state index >= 15 is 4.39 Å². The number of hydrogen-bond donors (Lipinski definition) is 1. The van der Waals surface area contributed by atoms with Gasteiger partial charge >= 0.3 is 5.97 Å². The molecule has 1 aliphatic heterocycles. The van der Waals surface area contributed by atoms with E-state index in [1.165, 1.54) is 0 Å². The first-order valence-corrected chi connectivity index (χ1v) is 13.0. The lowest BCUT2D eigenvalue weighted by molar-refractivity contribution is -0.142. The molecule has 186 valence electrons. The Labute approximate surface area is 211 Å². The zero-order chi connectivity index (χ0) is 24.8. The monoisotopic (exact) mass is 486 g/mol. The van der Waals surface area contributed by atoms with Crippen LogP contribution < -0.4 is 9.47 Å². The molecule has 0 aromatic heterocycles. The predicted octanol–water partition coefficient (Wildman–Crippen LogP) is 6.97. The molecule has 3 aromatic carbocycles. The van der Waals surface area contributed by atoms with Gasteiger partial charge in [0.25, 0.3) is 0 Å². The van der Waals surface area contributed by atoms with Gasteiger partial charge in [-0.15, -0.1) is 0 Å². The van der Waals surface area contributed by atoms with E-state index in [-0.39, 0.29) is 17.7 Å². The number of hydrogen-bond acceptors (Lipinski definition) is 3. The number of carboxylic acid groups (broad SMARTS) is 1. The average molecular weight is 487 g/mol. The average Bonchev–Trinajstić information content (AvgIpc) is 3.81. The number of fused-ring (bicyclic) bond motifs is 1. The fourth-order valence-corrected chi connectivity index (χ4v) is 5.56. The number of halogens is 1. The van der Waals surface area contributed by atoms with Crippen molar-refractivity contribution in [1.29, 1.82) is 0 Å². The molecule has 0 spiro atoms. The van der Waals surface area contributed by atoms with E-state index in [4.69, 9.17) is 9.47 Å². The summed E-state index contributed by atoms with van der Waals surface area (Å²) in [6, 6.07) is 19.4.